The Morgan fingerprint density at radius 3 is 2.67 bits per heavy atom. The van der Waals surface area contributed by atoms with Crippen LogP contribution in [0.4, 0.5) is 0 Å². The van der Waals surface area contributed by atoms with Crippen molar-refractivity contribution in [2.45, 2.75) is 25.4 Å². The maximum atomic E-state index is 10.6. The van der Waals surface area contributed by atoms with Crippen molar-refractivity contribution in [3.05, 3.63) is 29.8 Å². The molecule has 0 radical (unpaired) electrons. The Labute approximate surface area is 108 Å². The molecule has 3 unspecified atom stereocenters. The standard InChI is InChI=1S/C15H19NO2/c17-10-11-1-4-13(5-2-11)18-15-9-16-8-7-12-3-6-14(12)15/h1-2,4-5,10,12,14-16H,3,6-9H2. The Bertz CT molecular complexity index is 415. The van der Waals surface area contributed by atoms with E-state index in [4.69, 9.17) is 4.74 Å². The summed E-state index contributed by atoms with van der Waals surface area (Å²) in [6.07, 6.45) is 5.08. The fraction of sp³-hybridized carbons (Fsp3) is 0.533. The molecule has 96 valence electrons. The van der Waals surface area contributed by atoms with E-state index in [0.717, 1.165) is 31.0 Å². The summed E-state index contributed by atoms with van der Waals surface area (Å²) < 4.78 is 6.09. The van der Waals surface area contributed by atoms with Gasteiger partial charge < -0.3 is 10.1 Å². The van der Waals surface area contributed by atoms with Gasteiger partial charge in [0.2, 0.25) is 0 Å². The minimum absolute atomic E-state index is 0.285. The molecule has 0 bridgehead atoms. The Hall–Kier alpha value is -1.35. The van der Waals surface area contributed by atoms with Gasteiger partial charge in [-0.2, -0.15) is 0 Å². The van der Waals surface area contributed by atoms with Gasteiger partial charge in [-0.25, -0.2) is 0 Å². The molecule has 3 nitrogen and oxygen atoms in total. The van der Waals surface area contributed by atoms with Gasteiger partial charge in [-0.3, -0.25) is 4.79 Å². The van der Waals surface area contributed by atoms with E-state index < -0.39 is 0 Å². The van der Waals surface area contributed by atoms with Crippen molar-refractivity contribution >= 4 is 6.29 Å². The van der Waals surface area contributed by atoms with Crippen LogP contribution in [0.5, 0.6) is 5.75 Å². The lowest BCUT2D eigenvalue weighted by Crippen LogP contribution is -2.41. The summed E-state index contributed by atoms with van der Waals surface area (Å²) in [5.41, 5.74) is 0.697. The zero-order valence-electron chi connectivity index (χ0n) is 10.5. The fourth-order valence-corrected chi connectivity index (χ4v) is 3.05. The highest BCUT2D eigenvalue weighted by Gasteiger charge is 2.39. The molecule has 1 aromatic carbocycles. The van der Waals surface area contributed by atoms with Crippen molar-refractivity contribution in [3.63, 3.8) is 0 Å². The molecule has 0 spiro atoms. The van der Waals surface area contributed by atoms with Crippen molar-refractivity contribution in [1.82, 2.24) is 5.32 Å². The highest BCUT2D eigenvalue weighted by molar-refractivity contribution is 5.74. The molecule has 1 heterocycles. The average Bonchev–Trinajstić information content (AvgIpc) is 2.50. The van der Waals surface area contributed by atoms with Crippen molar-refractivity contribution in [1.29, 1.82) is 0 Å². The molecule has 0 aromatic heterocycles. The van der Waals surface area contributed by atoms with Crippen LogP contribution in [0.1, 0.15) is 29.6 Å². The minimum Gasteiger partial charge on any atom is -0.489 e. The topological polar surface area (TPSA) is 38.3 Å². The van der Waals surface area contributed by atoms with E-state index in [1.165, 1.54) is 19.3 Å². The second-order valence-electron chi connectivity index (χ2n) is 5.34. The molecule has 0 amide bonds. The summed E-state index contributed by atoms with van der Waals surface area (Å²) in [6, 6.07) is 7.40. The van der Waals surface area contributed by atoms with E-state index in [-0.39, 0.29) is 6.10 Å². The van der Waals surface area contributed by atoms with Crippen LogP contribution in [-0.2, 0) is 0 Å². The molecule has 3 rings (SSSR count). The second-order valence-corrected chi connectivity index (χ2v) is 5.34. The van der Waals surface area contributed by atoms with Crippen LogP contribution in [0.25, 0.3) is 0 Å². The van der Waals surface area contributed by atoms with Crippen LogP contribution < -0.4 is 10.1 Å². The first-order valence-electron chi connectivity index (χ1n) is 6.79. The fourth-order valence-electron chi connectivity index (χ4n) is 3.05. The quantitative estimate of drug-likeness (QED) is 0.830. The summed E-state index contributed by atoms with van der Waals surface area (Å²) in [4.78, 5) is 10.6. The van der Waals surface area contributed by atoms with Crippen LogP contribution in [0, 0.1) is 11.8 Å². The number of nitrogens with one attached hydrogen (secondary N) is 1. The number of rotatable bonds is 3. The monoisotopic (exact) mass is 245 g/mol. The Balaban J connectivity index is 1.68. The molecule has 1 saturated carbocycles. The number of ether oxygens (including phenoxy) is 1. The number of aldehydes is 1. The van der Waals surface area contributed by atoms with Crippen molar-refractivity contribution in [2.24, 2.45) is 11.8 Å². The van der Waals surface area contributed by atoms with Gasteiger partial charge >= 0.3 is 0 Å². The normalized spacial score (nSPS) is 30.8. The van der Waals surface area contributed by atoms with Gasteiger partial charge in [-0.15, -0.1) is 0 Å². The summed E-state index contributed by atoms with van der Waals surface area (Å²) in [7, 11) is 0. The Kier molecular flexibility index (Phi) is 3.33. The van der Waals surface area contributed by atoms with Crippen molar-refractivity contribution in [3.8, 4) is 5.75 Å². The molecule has 1 aromatic rings. The second kappa shape index (κ2) is 5.11. The van der Waals surface area contributed by atoms with Crippen LogP contribution in [-0.4, -0.2) is 25.5 Å². The van der Waals surface area contributed by atoms with Gasteiger partial charge in [0.25, 0.3) is 0 Å². The van der Waals surface area contributed by atoms with Gasteiger partial charge in [0, 0.05) is 12.1 Å². The average molecular weight is 245 g/mol. The van der Waals surface area contributed by atoms with E-state index in [9.17, 15) is 4.79 Å². The first-order valence-corrected chi connectivity index (χ1v) is 6.79. The van der Waals surface area contributed by atoms with Gasteiger partial charge in [-0.1, -0.05) is 0 Å². The first-order chi connectivity index (χ1) is 8.86. The maximum absolute atomic E-state index is 10.6. The van der Waals surface area contributed by atoms with Crippen molar-refractivity contribution < 1.29 is 9.53 Å². The Morgan fingerprint density at radius 1 is 1.17 bits per heavy atom. The molecule has 1 N–H and O–H groups in total. The van der Waals surface area contributed by atoms with Gasteiger partial charge in [-0.05, 0) is 61.9 Å². The molecule has 3 atom stereocenters. The zero-order chi connectivity index (χ0) is 12.4. The van der Waals surface area contributed by atoms with Crippen LogP contribution in [0.15, 0.2) is 24.3 Å². The predicted octanol–water partition coefficient (Wildman–Crippen LogP) is 2.27. The number of fused-ring (bicyclic) bond motifs is 1. The van der Waals surface area contributed by atoms with Gasteiger partial charge in [0.1, 0.15) is 18.1 Å². The molecule has 1 aliphatic carbocycles. The summed E-state index contributed by atoms with van der Waals surface area (Å²) in [5, 5.41) is 3.46. The van der Waals surface area contributed by atoms with Gasteiger partial charge in [0.15, 0.2) is 0 Å². The van der Waals surface area contributed by atoms with Crippen LogP contribution >= 0.6 is 0 Å². The molecule has 18 heavy (non-hydrogen) atoms. The third kappa shape index (κ3) is 2.27. The lowest BCUT2D eigenvalue weighted by molar-refractivity contribution is 0.0415. The number of hydrogen-bond donors (Lipinski definition) is 1. The lowest BCUT2D eigenvalue weighted by atomic mass is 9.70. The molecule has 1 saturated heterocycles. The number of hydrogen-bond acceptors (Lipinski definition) is 3. The molecule has 1 aliphatic heterocycles. The van der Waals surface area contributed by atoms with E-state index in [0.29, 0.717) is 11.5 Å². The van der Waals surface area contributed by atoms with E-state index >= 15 is 0 Å². The van der Waals surface area contributed by atoms with E-state index in [1.807, 2.05) is 24.3 Å². The van der Waals surface area contributed by atoms with Crippen LogP contribution in [0.3, 0.4) is 0 Å². The molecule has 2 fully saturated rings. The van der Waals surface area contributed by atoms with Crippen LogP contribution in [0.2, 0.25) is 0 Å². The minimum atomic E-state index is 0.285. The zero-order valence-corrected chi connectivity index (χ0v) is 10.5. The van der Waals surface area contributed by atoms with Crippen molar-refractivity contribution in [2.75, 3.05) is 13.1 Å². The summed E-state index contributed by atoms with van der Waals surface area (Å²) in [5.74, 6) is 2.44. The smallest absolute Gasteiger partial charge is 0.150 e. The number of carbonyl (C=O) groups excluding carboxylic acids is 1. The SMILES string of the molecule is O=Cc1ccc(OC2CNCCC3CCC32)cc1. The van der Waals surface area contributed by atoms with E-state index in [1.54, 1.807) is 0 Å². The largest absolute Gasteiger partial charge is 0.489 e. The molecule has 2 aliphatic rings. The lowest BCUT2D eigenvalue weighted by Gasteiger charge is -2.39. The third-order valence-electron chi connectivity index (χ3n) is 4.29. The molecular weight excluding hydrogens is 226 g/mol. The number of benzene rings is 1. The molecule has 3 heteroatoms. The van der Waals surface area contributed by atoms with E-state index in [2.05, 4.69) is 5.32 Å². The number of carbonyl (C=O) groups is 1. The Morgan fingerprint density at radius 2 is 2.00 bits per heavy atom. The maximum Gasteiger partial charge on any atom is 0.150 e. The highest BCUT2D eigenvalue weighted by Crippen LogP contribution is 2.41. The predicted molar refractivity (Wildman–Crippen MR) is 69.9 cm³/mol. The summed E-state index contributed by atoms with van der Waals surface area (Å²) >= 11 is 0. The highest BCUT2D eigenvalue weighted by atomic mass is 16.5. The first kappa shape index (κ1) is 11.7. The summed E-state index contributed by atoms with van der Waals surface area (Å²) in [6.45, 7) is 2.06. The molecular formula is C15H19NO2. The third-order valence-corrected chi connectivity index (χ3v) is 4.29. The van der Waals surface area contributed by atoms with Gasteiger partial charge in [0.05, 0.1) is 0 Å².